The van der Waals surface area contributed by atoms with Gasteiger partial charge in [0.25, 0.3) is 0 Å². The van der Waals surface area contributed by atoms with Crippen molar-refractivity contribution in [3.63, 3.8) is 0 Å². The van der Waals surface area contributed by atoms with Crippen LogP contribution >= 0.6 is 24.8 Å². The van der Waals surface area contributed by atoms with E-state index in [1.54, 1.807) is 0 Å². The number of aliphatic carboxylic acids is 1. The fraction of sp³-hybridized carbons (Fsp3) is 0.667. The van der Waals surface area contributed by atoms with Crippen molar-refractivity contribution in [1.82, 2.24) is 16.0 Å². The first-order valence-corrected chi connectivity index (χ1v) is 22.6. The third-order valence-electron chi connectivity index (χ3n) is 12.5. The molecule has 0 aliphatic heterocycles. The topological polar surface area (TPSA) is 143 Å². The monoisotopic (exact) mass is 875 g/mol. The van der Waals surface area contributed by atoms with Crippen LogP contribution in [0.4, 0.5) is 0 Å². The summed E-state index contributed by atoms with van der Waals surface area (Å²) in [6.45, 7) is 6.24. The second-order valence-electron chi connectivity index (χ2n) is 17.0. The molecule has 4 atom stereocenters. The van der Waals surface area contributed by atoms with Crippen LogP contribution < -0.4 is 20.7 Å². The quantitative estimate of drug-likeness (QED) is 0.0373. The van der Waals surface area contributed by atoms with Crippen LogP contribution in [0.5, 0.6) is 5.75 Å². The minimum absolute atomic E-state index is 0. The zero-order valence-corrected chi connectivity index (χ0v) is 38.3. The summed E-state index contributed by atoms with van der Waals surface area (Å²) in [5.74, 6) is -3.09. The van der Waals surface area contributed by atoms with Crippen LogP contribution in [-0.4, -0.2) is 54.7 Å². The van der Waals surface area contributed by atoms with Gasteiger partial charge in [-0.1, -0.05) is 134 Å². The van der Waals surface area contributed by atoms with Gasteiger partial charge in [0.15, 0.2) is 5.41 Å². The third kappa shape index (κ3) is 16.3. The molecule has 0 bridgehead atoms. The molecule has 0 spiro atoms. The van der Waals surface area contributed by atoms with Gasteiger partial charge in [-0.15, -0.1) is 24.8 Å². The Balaban J connectivity index is 0.00000620. The molecule has 1 amide bonds. The van der Waals surface area contributed by atoms with Gasteiger partial charge in [-0.25, -0.2) is 0 Å². The number of halogens is 2. The van der Waals surface area contributed by atoms with E-state index >= 15 is 0 Å². The Morgan fingerprint density at radius 2 is 1.05 bits per heavy atom. The molecule has 60 heavy (non-hydrogen) atoms. The lowest BCUT2D eigenvalue weighted by Crippen LogP contribution is -2.49. The Morgan fingerprint density at radius 3 is 1.57 bits per heavy atom. The van der Waals surface area contributed by atoms with E-state index in [9.17, 15) is 24.3 Å². The first-order chi connectivity index (χ1) is 28.2. The van der Waals surface area contributed by atoms with Gasteiger partial charge in [0.1, 0.15) is 11.2 Å². The van der Waals surface area contributed by atoms with Crippen molar-refractivity contribution in [1.29, 1.82) is 0 Å². The highest BCUT2D eigenvalue weighted by Gasteiger charge is 2.57. The molecule has 0 heterocycles. The highest BCUT2D eigenvalue weighted by molar-refractivity contribution is 6.09. The van der Waals surface area contributed by atoms with Crippen molar-refractivity contribution in [3.8, 4) is 5.75 Å². The normalized spacial score (nSPS) is 20.8. The first kappa shape index (κ1) is 53.0. The van der Waals surface area contributed by atoms with Crippen molar-refractivity contribution in [2.45, 2.75) is 180 Å². The standard InChI is InChI=1S/C48H73N3O7.2ClH/c1-4-6-8-10-12-14-16-18-32-57-42-26-24-39(25-27-42)36-51-41-29-31-48(34-41,44(53)54)46(56)58-45(55)47(43(52)49-3)30-28-40(33-47)50-35-38-22-20-37(21-23-38)19-17-15-13-11-9-7-5-2;;/h20-27,40-41,50-51H,4-19,28-36H2,1-3H3,(H,49,52)(H,53,54);2*1H. The van der Waals surface area contributed by atoms with E-state index in [0.717, 1.165) is 29.7 Å². The molecule has 4 unspecified atom stereocenters. The van der Waals surface area contributed by atoms with E-state index in [0.29, 0.717) is 32.5 Å². The molecular weight excluding hydrogens is 801 g/mol. The fourth-order valence-electron chi connectivity index (χ4n) is 8.67. The van der Waals surface area contributed by atoms with Crippen LogP contribution in [0.15, 0.2) is 48.5 Å². The van der Waals surface area contributed by atoms with Crippen molar-refractivity contribution in [2.75, 3.05) is 13.7 Å². The zero-order valence-electron chi connectivity index (χ0n) is 36.7. The van der Waals surface area contributed by atoms with Gasteiger partial charge in [-0.05, 0) is 86.6 Å². The number of rotatable bonds is 28. The van der Waals surface area contributed by atoms with Gasteiger partial charge in [-0.2, -0.15) is 0 Å². The van der Waals surface area contributed by atoms with Crippen molar-refractivity contribution in [2.24, 2.45) is 10.8 Å². The third-order valence-corrected chi connectivity index (χ3v) is 12.5. The maximum Gasteiger partial charge on any atom is 0.331 e. The predicted molar refractivity (Wildman–Crippen MR) is 244 cm³/mol. The molecule has 2 aliphatic carbocycles. The number of hydrogen-bond donors (Lipinski definition) is 4. The van der Waals surface area contributed by atoms with Crippen molar-refractivity contribution >= 4 is 48.6 Å². The van der Waals surface area contributed by atoms with Crippen LogP contribution in [0, 0.1) is 10.8 Å². The Kier molecular flexibility index (Phi) is 25.1. The largest absolute Gasteiger partial charge is 0.494 e. The Hall–Kier alpha value is -3.18. The summed E-state index contributed by atoms with van der Waals surface area (Å²) < 4.78 is 11.3. The number of carboxylic acids is 1. The van der Waals surface area contributed by atoms with Crippen LogP contribution in [0.2, 0.25) is 0 Å². The summed E-state index contributed by atoms with van der Waals surface area (Å²) >= 11 is 0. The van der Waals surface area contributed by atoms with E-state index in [1.165, 1.54) is 103 Å². The highest BCUT2D eigenvalue weighted by Crippen LogP contribution is 2.43. The summed E-state index contributed by atoms with van der Waals surface area (Å²) in [7, 11) is 1.46. The number of carbonyl (C=O) groups is 4. The van der Waals surface area contributed by atoms with Gasteiger partial charge in [0.05, 0.1) is 6.61 Å². The number of benzene rings is 2. The number of hydrogen-bond acceptors (Lipinski definition) is 8. The zero-order chi connectivity index (χ0) is 41.6. The summed E-state index contributed by atoms with van der Waals surface area (Å²) in [6.07, 6.45) is 21.4. The molecule has 4 rings (SSSR count). The molecule has 338 valence electrons. The van der Waals surface area contributed by atoms with Crippen LogP contribution in [0.25, 0.3) is 0 Å². The Morgan fingerprint density at radius 1 is 0.617 bits per heavy atom. The number of carboxylic acid groups (broad SMARTS) is 1. The molecule has 4 N–H and O–H groups in total. The molecule has 2 fully saturated rings. The molecule has 2 aliphatic rings. The second-order valence-corrected chi connectivity index (χ2v) is 17.0. The van der Waals surface area contributed by atoms with Crippen LogP contribution in [0.3, 0.4) is 0 Å². The number of amides is 1. The number of esters is 2. The molecule has 0 aromatic heterocycles. The van der Waals surface area contributed by atoms with Crippen LogP contribution in [0.1, 0.15) is 165 Å². The maximum absolute atomic E-state index is 13.8. The van der Waals surface area contributed by atoms with E-state index in [-0.39, 0.29) is 62.6 Å². The molecular formula is C48H75Cl2N3O7. The number of ether oxygens (including phenoxy) is 2. The smallest absolute Gasteiger partial charge is 0.331 e. The molecule has 12 heteroatoms. The van der Waals surface area contributed by atoms with Gasteiger partial charge >= 0.3 is 17.9 Å². The molecule has 2 saturated carbocycles. The minimum Gasteiger partial charge on any atom is -0.494 e. The maximum atomic E-state index is 13.8. The SMILES string of the molecule is CCCCCCCCCCOc1ccc(CNC2CCC(C(=O)O)(C(=O)OC(=O)C3(C(=O)NC)CCC(NCc4ccc(CCCCCCCCC)cc4)C3)C2)cc1.Cl.Cl. The Labute approximate surface area is 372 Å². The second kappa shape index (κ2) is 28.4. The molecule has 0 saturated heterocycles. The average molecular weight is 877 g/mol. The number of unbranched alkanes of at least 4 members (excludes halogenated alkanes) is 13. The van der Waals surface area contributed by atoms with E-state index in [4.69, 9.17) is 9.47 Å². The van der Waals surface area contributed by atoms with Gasteiger partial charge < -0.3 is 30.5 Å². The molecule has 2 aromatic rings. The lowest BCUT2D eigenvalue weighted by molar-refractivity contribution is -0.179. The first-order valence-electron chi connectivity index (χ1n) is 22.6. The van der Waals surface area contributed by atoms with Crippen molar-refractivity contribution < 1.29 is 33.8 Å². The average Bonchev–Trinajstić information content (AvgIpc) is 3.89. The molecule has 10 nitrogen and oxygen atoms in total. The number of carbonyl (C=O) groups excluding carboxylic acids is 3. The predicted octanol–water partition coefficient (Wildman–Crippen LogP) is 10.2. The summed E-state index contributed by atoms with van der Waals surface area (Å²) in [4.78, 5) is 53.3. The lowest BCUT2D eigenvalue weighted by atomic mass is 9.83. The lowest BCUT2D eigenvalue weighted by Gasteiger charge is -2.28. The summed E-state index contributed by atoms with van der Waals surface area (Å²) in [5, 5.41) is 19.8. The van der Waals surface area contributed by atoms with Gasteiger partial charge in [0, 0.05) is 32.2 Å². The van der Waals surface area contributed by atoms with E-state index in [2.05, 4.69) is 54.1 Å². The van der Waals surface area contributed by atoms with E-state index in [1.807, 2.05) is 24.3 Å². The highest BCUT2D eigenvalue weighted by atomic mass is 35.5. The minimum atomic E-state index is -1.87. The van der Waals surface area contributed by atoms with Gasteiger partial charge in [0.2, 0.25) is 5.91 Å². The fourth-order valence-corrected chi connectivity index (χ4v) is 8.67. The number of nitrogens with one attached hydrogen (secondary N) is 3. The number of aryl methyl sites for hydroxylation is 1. The summed E-state index contributed by atoms with van der Waals surface area (Å²) in [6, 6.07) is 16.0. The molecule has 2 aromatic carbocycles. The Bertz CT molecular complexity index is 1560. The van der Waals surface area contributed by atoms with Crippen molar-refractivity contribution in [3.05, 3.63) is 65.2 Å². The van der Waals surface area contributed by atoms with E-state index < -0.39 is 34.6 Å². The summed E-state index contributed by atoms with van der Waals surface area (Å²) in [5.41, 5.74) is -0.00379. The van der Waals surface area contributed by atoms with Crippen LogP contribution in [-0.2, 0) is 43.4 Å². The van der Waals surface area contributed by atoms with Gasteiger partial charge in [-0.3, -0.25) is 19.2 Å². The molecule has 0 radical (unpaired) electrons.